The number of thiocarbonyl (C=S) groups is 1. The van der Waals surface area contributed by atoms with Crippen LogP contribution in [0.3, 0.4) is 0 Å². The lowest BCUT2D eigenvalue weighted by molar-refractivity contribution is -0.121. The standard InChI is InChI=1S/C23H39NO4S/c1-4-5-8-12-18(25)14-15-20-19(21(26)16-22(20)27)13-10-7-6-9-11-17(2)28-23(29)24-3/h7,10,14-15,17-20,22,25,27H,4-6,8-9,11-13,16H2,1-3H3,(H,24,29)/t17?,18-,19+,20+,22+/m0/s1. The van der Waals surface area contributed by atoms with Crippen LogP contribution in [-0.2, 0) is 9.53 Å². The van der Waals surface area contributed by atoms with E-state index in [1.54, 1.807) is 13.1 Å². The zero-order valence-electron chi connectivity index (χ0n) is 18.2. The van der Waals surface area contributed by atoms with Gasteiger partial charge in [-0.05, 0) is 51.2 Å². The number of allylic oxidation sites excluding steroid dienone is 2. The van der Waals surface area contributed by atoms with Gasteiger partial charge in [0, 0.05) is 25.3 Å². The molecule has 1 rings (SSSR count). The van der Waals surface area contributed by atoms with E-state index in [9.17, 15) is 15.0 Å². The summed E-state index contributed by atoms with van der Waals surface area (Å²) >= 11 is 4.99. The molecule has 166 valence electrons. The molecule has 0 bridgehead atoms. The van der Waals surface area contributed by atoms with Gasteiger partial charge in [0.15, 0.2) is 0 Å². The maximum Gasteiger partial charge on any atom is 0.256 e. The minimum atomic E-state index is -0.644. The molecule has 1 aliphatic rings. The molecule has 6 heteroatoms. The first kappa shape index (κ1) is 25.8. The normalized spacial score (nSPS) is 24.3. The predicted molar refractivity (Wildman–Crippen MR) is 122 cm³/mol. The Morgan fingerprint density at radius 2 is 2.07 bits per heavy atom. The lowest BCUT2D eigenvalue weighted by Gasteiger charge is -2.16. The molecule has 1 fully saturated rings. The third kappa shape index (κ3) is 10.4. The number of Topliss-reactive ketones (excluding diaryl/α,β-unsaturated/α-hetero) is 1. The molecule has 0 heterocycles. The van der Waals surface area contributed by atoms with Gasteiger partial charge in [-0.25, -0.2) is 0 Å². The monoisotopic (exact) mass is 425 g/mol. The molecule has 0 aromatic rings. The van der Waals surface area contributed by atoms with E-state index < -0.39 is 12.2 Å². The zero-order chi connectivity index (χ0) is 21.6. The lowest BCUT2D eigenvalue weighted by Crippen LogP contribution is -2.23. The van der Waals surface area contributed by atoms with Gasteiger partial charge in [0.2, 0.25) is 0 Å². The highest BCUT2D eigenvalue weighted by Crippen LogP contribution is 2.33. The number of carbonyl (C=O) groups excluding carboxylic acids is 1. The van der Waals surface area contributed by atoms with Crippen molar-refractivity contribution in [1.82, 2.24) is 5.32 Å². The Morgan fingerprint density at radius 1 is 1.31 bits per heavy atom. The molecule has 0 spiro atoms. The van der Waals surface area contributed by atoms with Crippen LogP contribution in [0.25, 0.3) is 0 Å². The Labute approximate surface area is 181 Å². The van der Waals surface area contributed by atoms with Crippen molar-refractivity contribution in [3.63, 3.8) is 0 Å². The topological polar surface area (TPSA) is 78.8 Å². The number of hydrogen-bond donors (Lipinski definition) is 3. The summed E-state index contributed by atoms with van der Waals surface area (Å²) in [7, 11) is 1.74. The predicted octanol–water partition coefficient (Wildman–Crippen LogP) is 4.08. The van der Waals surface area contributed by atoms with Gasteiger partial charge in [-0.15, -0.1) is 0 Å². The van der Waals surface area contributed by atoms with E-state index in [4.69, 9.17) is 17.0 Å². The molecule has 0 aliphatic heterocycles. The van der Waals surface area contributed by atoms with Crippen LogP contribution < -0.4 is 5.32 Å². The number of aliphatic hydroxyl groups is 2. The minimum Gasteiger partial charge on any atom is -0.468 e. The first-order valence-electron chi connectivity index (χ1n) is 11.0. The molecule has 0 aromatic carbocycles. The first-order chi connectivity index (χ1) is 13.9. The Balaban J connectivity index is 2.40. The molecule has 5 atom stereocenters. The molecular weight excluding hydrogens is 386 g/mol. The Kier molecular flexibility index (Phi) is 13.1. The van der Waals surface area contributed by atoms with Gasteiger partial charge in [0.05, 0.1) is 18.3 Å². The van der Waals surface area contributed by atoms with Crippen LogP contribution in [0, 0.1) is 11.8 Å². The second-order valence-electron chi connectivity index (χ2n) is 7.97. The van der Waals surface area contributed by atoms with Crippen LogP contribution in [0.15, 0.2) is 24.3 Å². The van der Waals surface area contributed by atoms with E-state index >= 15 is 0 Å². The maximum atomic E-state index is 12.3. The summed E-state index contributed by atoms with van der Waals surface area (Å²) in [5, 5.41) is 23.5. The smallest absolute Gasteiger partial charge is 0.256 e. The summed E-state index contributed by atoms with van der Waals surface area (Å²) < 4.78 is 5.50. The third-order valence-corrected chi connectivity index (χ3v) is 5.74. The quantitative estimate of drug-likeness (QED) is 0.234. The number of nitrogens with one attached hydrogen (secondary N) is 1. The van der Waals surface area contributed by atoms with Crippen LogP contribution in [-0.4, -0.2) is 46.5 Å². The molecule has 1 saturated carbocycles. The molecule has 0 aromatic heterocycles. The number of carbonyl (C=O) groups is 1. The molecule has 5 nitrogen and oxygen atoms in total. The molecular formula is C23H39NO4S. The van der Waals surface area contributed by atoms with Gasteiger partial charge in [-0.2, -0.15) is 0 Å². The van der Waals surface area contributed by atoms with Crippen LogP contribution in [0.1, 0.15) is 71.6 Å². The average molecular weight is 426 g/mol. The number of rotatable bonds is 13. The summed E-state index contributed by atoms with van der Waals surface area (Å²) in [5.74, 6) is -0.292. The van der Waals surface area contributed by atoms with E-state index in [0.29, 0.717) is 11.6 Å². The van der Waals surface area contributed by atoms with Crippen molar-refractivity contribution in [3.8, 4) is 0 Å². The van der Waals surface area contributed by atoms with Gasteiger partial charge >= 0.3 is 0 Å². The summed E-state index contributed by atoms with van der Waals surface area (Å²) in [6.45, 7) is 4.13. The maximum absolute atomic E-state index is 12.3. The summed E-state index contributed by atoms with van der Waals surface area (Å²) in [6.07, 6.45) is 14.3. The van der Waals surface area contributed by atoms with Crippen LogP contribution in [0.5, 0.6) is 0 Å². The fraction of sp³-hybridized carbons (Fsp3) is 0.739. The Hall–Kier alpha value is -1.24. The van der Waals surface area contributed by atoms with Crippen molar-refractivity contribution >= 4 is 23.2 Å². The highest BCUT2D eigenvalue weighted by Gasteiger charge is 2.39. The van der Waals surface area contributed by atoms with Crippen molar-refractivity contribution < 1.29 is 19.7 Å². The second-order valence-corrected chi connectivity index (χ2v) is 8.34. The molecule has 1 aliphatic carbocycles. The molecule has 0 saturated heterocycles. The highest BCUT2D eigenvalue weighted by molar-refractivity contribution is 7.80. The summed E-state index contributed by atoms with van der Waals surface area (Å²) in [5.41, 5.74) is 0. The largest absolute Gasteiger partial charge is 0.468 e. The molecule has 1 unspecified atom stereocenters. The number of aliphatic hydroxyl groups excluding tert-OH is 2. The Morgan fingerprint density at radius 3 is 2.76 bits per heavy atom. The Bertz CT molecular complexity index is 549. The molecule has 29 heavy (non-hydrogen) atoms. The van der Waals surface area contributed by atoms with Gasteiger partial charge in [0.25, 0.3) is 5.17 Å². The third-order valence-electron chi connectivity index (χ3n) is 5.44. The fourth-order valence-corrected chi connectivity index (χ4v) is 3.83. The van der Waals surface area contributed by atoms with Crippen molar-refractivity contribution in [2.24, 2.45) is 11.8 Å². The molecule has 0 radical (unpaired) electrons. The minimum absolute atomic E-state index is 0.0770. The van der Waals surface area contributed by atoms with E-state index in [2.05, 4.69) is 18.3 Å². The fourth-order valence-electron chi connectivity index (χ4n) is 3.67. The number of ketones is 1. The van der Waals surface area contributed by atoms with Gasteiger partial charge in [-0.1, -0.05) is 50.5 Å². The highest BCUT2D eigenvalue weighted by atomic mass is 32.1. The van der Waals surface area contributed by atoms with E-state index in [-0.39, 0.29) is 30.1 Å². The summed E-state index contributed by atoms with van der Waals surface area (Å²) in [4.78, 5) is 12.3. The van der Waals surface area contributed by atoms with Crippen LogP contribution >= 0.6 is 12.2 Å². The van der Waals surface area contributed by atoms with Gasteiger partial charge < -0.3 is 20.3 Å². The van der Waals surface area contributed by atoms with Crippen molar-refractivity contribution in [2.75, 3.05) is 7.05 Å². The zero-order valence-corrected chi connectivity index (χ0v) is 19.0. The van der Waals surface area contributed by atoms with E-state index in [0.717, 1.165) is 44.9 Å². The molecule has 3 N–H and O–H groups in total. The van der Waals surface area contributed by atoms with Crippen LogP contribution in [0.2, 0.25) is 0 Å². The second kappa shape index (κ2) is 14.7. The van der Waals surface area contributed by atoms with Gasteiger partial charge in [0.1, 0.15) is 5.78 Å². The summed E-state index contributed by atoms with van der Waals surface area (Å²) in [6, 6.07) is 0. The first-order valence-corrected chi connectivity index (χ1v) is 11.4. The van der Waals surface area contributed by atoms with Crippen molar-refractivity contribution in [3.05, 3.63) is 24.3 Å². The van der Waals surface area contributed by atoms with Crippen LogP contribution in [0.4, 0.5) is 0 Å². The molecule has 0 amide bonds. The van der Waals surface area contributed by atoms with Crippen molar-refractivity contribution in [2.45, 2.75) is 89.9 Å². The van der Waals surface area contributed by atoms with Gasteiger partial charge in [-0.3, -0.25) is 4.79 Å². The average Bonchev–Trinajstić information content (AvgIpc) is 2.95. The van der Waals surface area contributed by atoms with E-state index in [1.165, 1.54) is 0 Å². The van der Waals surface area contributed by atoms with Crippen molar-refractivity contribution in [1.29, 1.82) is 0 Å². The number of ether oxygens (including phenoxy) is 1. The number of hydrogen-bond acceptors (Lipinski definition) is 5. The van der Waals surface area contributed by atoms with E-state index in [1.807, 2.05) is 19.1 Å². The number of unbranched alkanes of at least 4 members (excludes halogenated alkanes) is 3. The lowest BCUT2D eigenvalue weighted by atomic mass is 9.90. The SMILES string of the molecule is CCCCC[C@H](O)C=C[C@H]1[C@H](O)CC(=O)[C@@H]1CC=CCCCC(C)OC(=S)NC.